The number of fused-ring (bicyclic) bond motifs is 1. The van der Waals surface area contributed by atoms with Crippen molar-refractivity contribution in [3.63, 3.8) is 0 Å². The standard InChI is InChI=1S/C11H10.C2H4/c1-2-9-6-7-10-4-3-5-11(10)8-9;1-2/h2-4,6-8H,1,5H2;1-2H2. The van der Waals surface area contributed by atoms with E-state index in [1.807, 2.05) is 6.08 Å². The summed E-state index contributed by atoms with van der Waals surface area (Å²) >= 11 is 0. The van der Waals surface area contributed by atoms with Gasteiger partial charge in [0, 0.05) is 0 Å². The number of hydrogen-bond acceptors (Lipinski definition) is 0. The molecule has 1 aromatic rings. The molecule has 0 heteroatoms. The maximum absolute atomic E-state index is 3.74. The summed E-state index contributed by atoms with van der Waals surface area (Å²) in [6.07, 6.45) is 7.33. The molecular weight excluding hydrogens is 156 g/mol. The Hall–Kier alpha value is -1.56. The molecule has 0 aromatic heterocycles. The molecule has 0 atom stereocenters. The second kappa shape index (κ2) is 4.46. The monoisotopic (exact) mass is 170 g/mol. The lowest BCUT2D eigenvalue weighted by Gasteiger charge is -1.98. The van der Waals surface area contributed by atoms with Gasteiger partial charge in [0.2, 0.25) is 0 Å². The van der Waals surface area contributed by atoms with E-state index >= 15 is 0 Å². The molecule has 2 rings (SSSR count). The fourth-order valence-corrected chi connectivity index (χ4v) is 1.40. The van der Waals surface area contributed by atoms with Crippen LogP contribution in [-0.2, 0) is 6.42 Å². The van der Waals surface area contributed by atoms with Crippen molar-refractivity contribution in [2.75, 3.05) is 0 Å². The van der Waals surface area contributed by atoms with Crippen LogP contribution in [0.5, 0.6) is 0 Å². The first-order chi connectivity index (χ1) is 6.40. The van der Waals surface area contributed by atoms with Crippen LogP contribution >= 0.6 is 0 Å². The third kappa shape index (κ3) is 1.97. The summed E-state index contributed by atoms with van der Waals surface area (Å²) in [6.45, 7) is 9.74. The Morgan fingerprint density at radius 3 is 2.69 bits per heavy atom. The Bertz CT molecular complexity index is 332. The summed E-state index contributed by atoms with van der Waals surface area (Å²) in [7, 11) is 0. The van der Waals surface area contributed by atoms with E-state index in [2.05, 4.69) is 50.1 Å². The minimum atomic E-state index is 1.08. The lowest BCUT2D eigenvalue weighted by molar-refractivity contribution is 1.31. The second-order valence-electron chi connectivity index (χ2n) is 2.77. The van der Waals surface area contributed by atoms with Crippen molar-refractivity contribution in [1.82, 2.24) is 0 Å². The highest BCUT2D eigenvalue weighted by Crippen LogP contribution is 2.20. The average molecular weight is 170 g/mol. The van der Waals surface area contributed by atoms with Gasteiger partial charge in [-0.2, -0.15) is 0 Å². The number of rotatable bonds is 1. The van der Waals surface area contributed by atoms with Crippen LogP contribution in [0.3, 0.4) is 0 Å². The van der Waals surface area contributed by atoms with Crippen LogP contribution < -0.4 is 0 Å². The van der Waals surface area contributed by atoms with Crippen LogP contribution in [0.15, 0.2) is 44.0 Å². The van der Waals surface area contributed by atoms with Gasteiger partial charge in [-0.25, -0.2) is 0 Å². The van der Waals surface area contributed by atoms with Crippen molar-refractivity contribution in [1.29, 1.82) is 0 Å². The topological polar surface area (TPSA) is 0 Å². The summed E-state index contributed by atoms with van der Waals surface area (Å²) in [6, 6.07) is 6.44. The van der Waals surface area contributed by atoms with Crippen molar-refractivity contribution in [3.8, 4) is 0 Å². The first kappa shape index (κ1) is 9.53. The molecule has 1 aromatic carbocycles. The van der Waals surface area contributed by atoms with Gasteiger partial charge in [0.25, 0.3) is 0 Å². The number of allylic oxidation sites excluding steroid dienone is 1. The highest BCUT2D eigenvalue weighted by Gasteiger charge is 2.03. The van der Waals surface area contributed by atoms with E-state index in [9.17, 15) is 0 Å². The summed E-state index contributed by atoms with van der Waals surface area (Å²) in [5.74, 6) is 0. The number of hydrogen-bond donors (Lipinski definition) is 0. The van der Waals surface area contributed by atoms with Crippen molar-refractivity contribution < 1.29 is 0 Å². The van der Waals surface area contributed by atoms with Gasteiger partial charge in [0.1, 0.15) is 0 Å². The van der Waals surface area contributed by atoms with Crippen molar-refractivity contribution in [3.05, 3.63) is 60.7 Å². The molecule has 0 nitrogen and oxygen atoms in total. The highest BCUT2D eigenvalue weighted by atomic mass is 14.1. The molecule has 0 unspecified atom stereocenters. The molecule has 0 fully saturated rings. The third-order valence-electron chi connectivity index (χ3n) is 2.04. The predicted octanol–water partition coefficient (Wildman–Crippen LogP) is 3.70. The van der Waals surface area contributed by atoms with Gasteiger partial charge >= 0.3 is 0 Å². The Morgan fingerprint density at radius 1 is 1.23 bits per heavy atom. The molecule has 0 saturated heterocycles. The molecule has 1 aliphatic rings. The van der Waals surface area contributed by atoms with Crippen LogP contribution in [0.4, 0.5) is 0 Å². The summed E-state index contributed by atoms with van der Waals surface area (Å²) in [5.41, 5.74) is 3.99. The predicted molar refractivity (Wildman–Crippen MR) is 60.5 cm³/mol. The van der Waals surface area contributed by atoms with Gasteiger partial charge in [0.05, 0.1) is 0 Å². The maximum Gasteiger partial charge on any atom is -0.00880 e. The number of benzene rings is 1. The molecule has 0 radical (unpaired) electrons. The minimum absolute atomic E-state index is 1.08. The molecule has 66 valence electrons. The summed E-state index contributed by atoms with van der Waals surface area (Å²) in [4.78, 5) is 0. The molecule has 0 N–H and O–H groups in total. The van der Waals surface area contributed by atoms with E-state index in [4.69, 9.17) is 0 Å². The van der Waals surface area contributed by atoms with Gasteiger partial charge < -0.3 is 0 Å². The van der Waals surface area contributed by atoms with Gasteiger partial charge in [-0.15, -0.1) is 13.2 Å². The van der Waals surface area contributed by atoms with E-state index in [1.54, 1.807) is 0 Å². The largest absolute Gasteiger partial charge is 0.106 e. The van der Waals surface area contributed by atoms with Crippen LogP contribution in [0.25, 0.3) is 12.2 Å². The zero-order chi connectivity index (χ0) is 9.68. The SMILES string of the molecule is C=C.C=Cc1ccc2c(c1)CC=C2. The van der Waals surface area contributed by atoms with Crippen molar-refractivity contribution >= 4 is 12.2 Å². The van der Waals surface area contributed by atoms with E-state index in [0.717, 1.165) is 6.42 Å². The lowest BCUT2D eigenvalue weighted by Crippen LogP contribution is -1.81. The molecule has 0 amide bonds. The van der Waals surface area contributed by atoms with Gasteiger partial charge in [-0.05, 0) is 23.1 Å². The second-order valence-corrected chi connectivity index (χ2v) is 2.77. The molecule has 0 bridgehead atoms. The summed E-state index contributed by atoms with van der Waals surface area (Å²) in [5, 5.41) is 0. The summed E-state index contributed by atoms with van der Waals surface area (Å²) < 4.78 is 0. The maximum atomic E-state index is 3.74. The van der Waals surface area contributed by atoms with Crippen LogP contribution in [0, 0.1) is 0 Å². The Kier molecular flexibility index (Phi) is 3.27. The van der Waals surface area contributed by atoms with Crippen LogP contribution in [0.2, 0.25) is 0 Å². The van der Waals surface area contributed by atoms with E-state index < -0.39 is 0 Å². The molecular formula is C13H14. The normalized spacial score (nSPS) is 11.4. The van der Waals surface area contributed by atoms with Gasteiger partial charge in [0.15, 0.2) is 0 Å². The Morgan fingerprint density at radius 2 is 2.00 bits per heavy atom. The van der Waals surface area contributed by atoms with Crippen LogP contribution in [0.1, 0.15) is 16.7 Å². The zero-order valence-corrected chi connectivity index (χ0v) is 7.79. The average Bonchev–Trinajstić information content (AvgIpc) is 2.67. The van der Waals surface area contributed by atoms with E-state index in [-0.39, 0.29) is 0 Å². The minimum Gasteiger partial charge on any atom is -0.106 e. The van der Waals surface area contributed by atoms with Gasteiger partial charge in [-0.3, -0.25) is 0 Å². The Labute approximate surface area is 79.9 Å². The molecule has 13 heavy (non-hydrogen) atoms. The fourth-order valence-electron chi connectivity index (χ4n) is 1.40. The first-order valence-corrected chi connectivity index (χ1v) is 4.32. The lowest BCUT2D eigenvalue weighted by atomic mass is 10.1. The fraction of sp³-hybridized carbons (Fsp3) is 0.0769. The molecule has 1 aliphatic carbocycles. The Balaban J connectivity index is 0.000000396. The highest BCUT2D eigenvalue weighted by molar-refractivity contribution is 5.63. The molecule has 0 aliphatic heterocycles. The third-order valence-corrected chi connectivity index (χ3v) is 2.04. The van der Waals surface area contributed by atoms with E-state index in [1.165, 1.54) is 16.7 Å². The van der Waals surface area contributed by atoms with Crippen LogP contribution in [-0.4, -0.2) is 0 Å². The quantitative estimate of drug-likeness (QED) is 0.564. The zero-order valence-electron chi connectivity index (χ0n) is 7.79. The molecule has 0 heterocycles. The molecule has 0 saturated carbocycles. The smallest absolute Gasteiger partial charge is 0.00880 e. The molecule has 0 spiro atoms. The van der Waals surface area contributed by atoms with Crippen molar-refractivity contribution in [2.24, 2.45) is 0 Å². The van der Waals surface area contributed by atoms with E-state index in [0.29, 0.717) is 0 Å². The first-order valence-electron chi connectivity index (χ1n) is 4.32. The van der Waals surface area contributed by atoms with Crippen molar-refractivity contribution in [2.45, 2.75) is 6.42 Å². The van der Waals surface area contributed by atoms with Gasteiger partial charge in [-0.1, -0.05) is 43.0 Å².